The number of hydrogen-bond donors (Lipinski definition) is 4. The van der Waals surface area contributed by atoms with Crippen LogP contribution in [-0.2, 0) is 9.59 Å². The number of nitrogens with two attached hydrogens (primary N) is 2. The average molecular weight is 490 g/mol. The third-order valence-corrected chi connectivity index (χ3v) is 4.95. The van der Waals surface area contributed by atoms with Gasteiger partial charge in [-0.05, 0) is 42.3 Å². The summed E-state index contributed by atoms with van der Waals surface area (Å²) in [5, 5.41) is 13.3. The third kappa shape index (κ3) is 7.18. The zero-order valence-corrected chi connectivity index (χ0v) is 19.8. The largest absolute Gasteiger partial charge is 0.423 e. The maximum atomic E-state index is 12.2. The number of pyridine rings is 1. The molecule has 0 radical (unpaired) electrons. The van der Waals surface area contributed by atoms with E-state index in [9.17, 15) is 14.4 Å². The van der Waals surface area contributed by atoms with Gasteiger partial charge in [-0.3, -0.25) is 9.59 Å². The average Bonchev–Trinajstić information content (AvgIpc) is 2.87. The highest BCUT2D eigenvalue weighted by molar-refractivity contribution is 5.99. The van der Waals surface area contributed by atoms with E-state index < -0.39 is 17.9 Å². The number of para-hydroxylation sites is 1. The van der Waals surface area contributed by atoms with Crippen LogP contribution in [0.4, 0.5) is 23.0 Å². The predicted molar refractivity (Wildman–Crippen MR) is 135 cm³/mol. The highest BCUT2D eigenvalue weighted by Crippen LogP contribution is 2.31. The van der Waals surface area contributed by atoms with Gasteiger partial charge in [0, 0.05) is 5.56 Å². The van der Waals surface area contributed by atoms with E-state index in [4.69, 9.17) is 16.2 Å². The molecule has 11 nitrogen and oxygen atoms in total. The molecular formula is C25H27N7O4. The van der Waals surface area contributed by atoms with Crippen LogP contribution in [-0.4, -0.2) is 35.4 Å². The van der Waals surface area contributed by atoms with Crippen molar-refractivity contribution in [2.24, 2.45) is 21.9 Å². The van der Waals surface area contributed by atoms with Gasteiger partial charge in [-0.1, -0.05) is 44.2 Å². The monoisotopic (exact) mass is 489 g/mol. The highest BCUT2D eigenvalue weighted by Gasteiger charge is 2.20. The Balaban J connectivity index is 1.61. The number of nitrogens with one attached hydrogen (secondary N) is 2. The molecule has 0 fully saturated rings. The topological polar surface area (TPSA) is 174 Å². The van der Waals surface area contributed by atoms with Crippen LogP contribution in [0.5, 0.6) is 5.75 Å². The van der Waals surface area contributed by atoms with Crippen LogP contribution in [0.3, 0.4) is 0 Å². The number of benzene rings is 2. The number of aromatic nitrogens is 1. The van der Waals surface area contributed by atoms with Crippen molar-refractivity contribution in [3.05, 3.63) is 72.3 Å². The van der Waals surface area contributed by atoms with Gasteiger partial charge in [-0.15, -0.1) is 10.2 Å². The van der Waals surface area contributed by atoms with Gasteiger partial charge in [0.25, 0.3) is 5.91 Å². The molecule has 0 unspecified atom stereocenters. The molecule has 2 amide bonds. The molecule has 0 aliphatic rings. The molecule has 0 aliphatic heterocycles. The zero-order chi connectivity index (χ0) is 26.1. The van der Waals surface area contributed by atoms with Crippen LogP contribution in [0.15, 0.2) is 77.0 Å². The maximum Gasteiger partial charge on any atom is 0.328 e. The Bertz CT molecular complexity index is 1260. The molecule has 0 saturated heterocycles. The minimum Gasteiger partial charge on any atom is -0.423 e. The highest BCUT2D eigenvalue weighted by atomic mass is 16.5. The van der Waals surface area contributed by atoms with E-state index in [1.807, 2.05) is 13.8 Å². The van der Waals surface area contributed by atoms with Gasteiger partial charge in [0.1, 0.15) is 23.2 Å². The van der Waals surface area contributed by atoms with Crippen molar-refractivity contribution in [3.63, 3.8) is 0 Å². The molecule has 186 valence electrons. The van der Waals surface area contributed by atoms with Gasteiger partial charge >= 0.3 is 5.97 Å². The molecule has 1 heterocycles. The van der Waals surface area contributed by atoms with E-state index in [2.05, 4.69) is 25.8 Å². The van der Waals surface area contributed by atoms with Crippen molar-refractivity contribution in [2.75, 3.05) is 17.6 Å². The normalized spacial score (nSPS) is 11.8. The number of azo groups is 1. The molecule has 2 aromatic carbocycles. The van der Waals surface area contributed by atoms with E-state index in [0.717, 1.165) is 0 Å². The first-order chi connectivity index (χ1) is 17.2. The van der Waals surface area contributed by atoms with E-state index in [1.54, 1.807) is 54.6 Å². The molecule has 0 aliphatic carbocycles. The minimum absolute atomic E-state index is 0.0150. The summed E-state index contributed by atoms with van der Waals surface area (Å²) in [6, 6.07) is 17.4. The number of carbonyl (C=O) groups excluding carboxylic acids is 3. The molecular weight excluding hydrogens is 462 g/mol. The smallest absolute Gasteiger partial charge is 0.328 e. The van der Waals surface area contributed by atoms with Gasteiger partial charge < -0.3 is 26.8 Å². The SMILES string of the molecule is CC(C)[C@H](N)C(=O)Oc1ccccc1/N=N/c1ccc(NC(=O)CNC(=O)c2ccccc2)nc1N. The molecule has 11 heteroatoms. The fourth-order valence-corrected chi connectivity index (χ4v) is 2.84. The number of nitrogens with zero attached hydrogens (tertiary/aromatic N) is 3. The Morgan fingerprint density at radius 1 is 0.944 bits per heavy atom. The van der Waals surface area contributed by atoms with Crippen molar-refractivity contribution < 1.29 is 19.1 Å². The fraction of sp³-hybridized carbons (Fsp3) is 0.200. The van der Waals surface area contributed by atoms with Crippen molar-refractivity contribution in [2.45, 2.75) is 19.9 Å². The molecule has 0 spiro atoms. The van der Waals surface area contributed by atoms with Gasteiger partial charge in [0.05, 0.1) is 6.54 Å². The van der Waals surface area contributed by atoms with Gasteiger partial charge in [0.2, 0.25) is 5.91 Å². The van der Waals surface area contributed by atoms with Crippen LogP contribution in [0.1, 0.15) is 24.2 Å². The molecule has 0 bridgehead atoms. The van der Waals surface area contributed by atoms with Crippen LogP contribution in [0, 0.1) is 5.92 Å². The molecule has 1 aromatic heterocycles. The maximum absolute atomic E-state index is 12.2. The van der Waals surface area contributed by atoms with E-state index >= 15 is 0 Å². The quantitative estimate of drug-likeness (QED) is 0.202. The number of amides is 2. The molecule has 3 aromatic rings. The summed E-state index contributed by atoms with van der Waals surface area (Å²) >= 11 is 0. The Hall–Kier alpha value is -4.64. The molecule has 1 atom stereocenters. The minimum atomic E-state index is -0.774. The lowest BCUT2D eigenvalue weighted by Crippen LogP contribution is -2.38. The summed E-state index contributed by atoms with van der Waals surface area (Å²) in [5.74, 6) is -1.11. The first-order valence-electron chi connectivity index (χ1n) is 11.1. The summed E-state index contributed by atoms with van der Waals surface area (Å²) in [7, 11) is 0. The number of ether oxygens (including phenoxy) is 1. The standard InChI is InChI=1S/C25H27N7O4/c1-15(2)22(26)25(35)36-19-11-7-6-10-17(19)31-32-18-12-13-20(30-23(18)27)29-21(33)14-28-24(34)16-8-4-3-5-9-16/h3-13,15,22H,14,26H2,1-2H3,(H,28,34)(H3,27,29,30,33)/b32-31+/t22-/m0/s1. The summed E-state index contributed by atoms with van der Waals surface area (Å²) < 4.78 is 5.38. The summed E-state index contributed by atoms with van der Waals surface area (Å²) in [6.07, 6.45) is 0. The zero-order valence-electron chi connectivity index (χ0n) is 19.8. The number of hydrogen-bond acceptors (Lipinski definition) is 9. The van der Waals surface area contributed by atoms with E-state index in [-0.39, 0.29) is 41.4 Å². The van der Waals surface area contributed by atoms with E-state index in [1.165, 1.54) is 12.1 Å². The Labute approximate surface area is 208 Å². The van der Waals surface area contributed by atoms with Crippen molar-refractivity contribution >= 4 is 40.8 Å². The van der Waals surface area contributed by atoms with Gasteiger partial charge in [0.15, 0.2) is 11.6 Å². The Morgan fingerprint density at radius 3 is 2.31 bits per heavy atom. The van der Waals surface area contributed by atoms with Gasteiger partial charge in [-0.2, -0.15) is 0 Å². The first-order valence-corrected chi connectivity index (χ1v) is 11.1. The van der Waals surface area contributed by atoms with Crippen molar-refractivity contribution in [3.8, 4) is 5.75 Å². The fourth-order valence-electron chi connectivity index (χ4n) is 2.84. The van der Waals surface area contributed by atoms with Crippen LogP contribution in [0.25, 0.3) is 0 Å². The summed E-state index contributed by atoms with van der Waals surface area (Å²) in [5.41, 5.74) is 12.8. The molecule has 0 saturated carbocycles. The number of esters is 1. The lowest BCUT2D eigenvalue weighted by molar-refractivity contribution is -0.136. The molecule has 6 N–H and O–H groups in total. The second-order valence-corrected chi connectivity index (χ2v) is 8.06. The second kappa shape index (κ2) is 12.2. The van der Waals surface area contributed by atoms with Gasteiger partial charge in [-0.25, -0.2) is 9.78 Å². The lowest BCUT2D eigenvalue weighted by Gasteiger charge is -2.14. The van der Waals surface area contributed by atoms with Crippen molar-refractivity contribution in [1.29, 1.82) is 0 Å². The first kappa shape index (κ1) is 26.0. The lowest BCUT2D eigenvalue weighted by atomic mass is 10.1. The van der Waals surface area contributed by atoms with Crippen LogP contribution >= 0.6 is 0 Å². The summed E-state index contributed by atoms with van der Waals surface area (Å²) in [6.45, 7) is 3.40. The molecule has 3 rings (SSSR count). The number of rotatable bonds is 9. The number of carbonyl (C=O) groups is 3. The third-order valence-electron chi connectivity index (χ3n) is 4.95. The van der Waals surface area contributed by atoms with Crippen LogP contribution < -0.4 is 26.8 Å². The Kier molecular flexibility index (Phi) is 8.79. The molecule has 36 heavy (non-hydrogen) atoms. The second-order valence-electron chi connectivity index (χ2n) is 8.06. The summed E-state index contributed by atoms with van der Waals surface area (Å²) in [4.78, 5) is 40.5. The number of anilines is 2. The Morgan fingerprint density at radius 2 is 1.61 bits per heavy atom. The predicted octanol–water partition coefficient (Wildman–Crippen LogP) is 3.34. The van der Waals surface area contributed by atoms with Crippen molar-refractivity contribution in [1.82, 2.24) is 10.3 Å². The van der Waals surface area contributed by atoms with E-state index in [0.29, 0.717) is 11.3 Å². The van der Waals surface area contributed by atoms with Crippen LogP contribution in [0.2, 0.25) is 0 Å². The number of nitrogen functional groups attached to an aromatic ring is 1.